The summed E-state index contributed by atoms with van der Waals surface area (Å²) in [6.07, 6.45) is -0.385. The average molecular weight is 222 g/mol. The van der Waals surface area contributed by atoms with Crippen LogP contribution in [0.1, 0.15) is 12.0 Å². The lowest BCUT2D eigenvalue weighted by Gasteiger charge is -2.09. The molecule has 86 valence electrons. The fraction of sp³-hybridized carbons (Fsp3) is 0.417. The van der Waals surface area contributed by atoms with Gasteiger partial charge in [0.25, 0.3) is 0 Å². The fourth-order valence-electron chi connectivity index (χ4n) is 1.67. The highest BCUT2D eigenvalue weighted by atomic mass is 16.6. The number of aliphatic carboxylic acids is 1. The lowest BCUT2D eigenvalue weighted by atomic mass is 10.2. The standard InChI is InChI=1S/C12H14O4/c13-12(14)11-6-10(8-16-11)15-7-9-4-2-1-3-5-9/h1-5,10-11H,6-8H2,(H,13,14). The van der Waals surface area contributed by atoms with Crippen molar-refractivity contribution in [2.75, 3.05) is 6.61 Å². The molecule has 2 unspecified atom stereocenters. The van der Waals surface area contributed by atoms with E-state index in [1.807, 2.05) is 30.3 Å². The third-order valence-corrected chi connectivity index (χ3v) is 2.56. The second-order valence-electron chi connectivity index (χ2n) is 3.81. The molecule has 2 rings (SSSR count). The lowest BCUT2D eigenvalue weighted by Crippen LogP contribution is -2.19. The quantitative estimate of drug-likeness (QED) is 0.837. The summed E-state index contributed by atoms with van der Waals surface area (Å²) in [7, 11) is 0. The van der Waals surface area contributed by atoms with E-state index >= 15 is 0 Å². The molecule has 0 aliphatic carbocycles. The maximum Gasteiger partial charge on any atom is 0.332 e. The number of ether oxygens (including phenoxy) is 2. The van der Waals surface area contributed by atoms with Crippen LogP contribution < -0.4 is 0 Å². The summed E-state index contributed by atoms with van der Waals surface area (Å²) in [6, 6.07) is 9.80. The molecule has 0 radical (unpaired) electrons. The first-order chi connectivity index (χ1) is 7.75. The van der Waals surface area contributed by atoms with Crippen molar-refractivity contribution in [2.24, 2.45) is 0 Å². The second-order valence-corrected chi connectivity index (χ2v) is 3.81. The fourth-order valence-corrected chi connectivity index (χ4v) is 1.67. The summed E-state index contributed by atoms with van der Waals surface area (Å²) in [5.74, 6) is -0.911. The molecule has 0 aromatic heterocycles. The highest BCUT2D eigenvalue weighted by Gasteiger charge is 2.31. The largest absolute Gasteiger partial charge is 0.479 e. The monoisotopic (exact) mass is 222 g/mol. The highest BCUT2D eigenvalue weighted by Crippen LogP contribution is 2.17. The lowest BCUT2D eigenvalue weighted by molar-refractivity contribution is -0.147. The summed E-state index contributed by atoms with van der Waals surface area (Å²) in [5.41, 5.74) is 1.08. The molecular weight excluding hydrogens is 208 g/mol. The summed E-state index contributed by atoms with van der Waals surface area (Å²) in [5, 5.41) is 8.74. The molecule has 0 saturated carbocycles. The minimum Gasteiger partial charge on any atom is -0.479 e. The minimum absolute atomic E-state index is 0.110. The number of carboxylic acid groups (broad SMARTS) is 1. The summed E-state index contributed by atoms with van der Waals surface area (Å²) < 4.78 is 10.7. The van der Waals surface area contributed by atoms with E-state index in [0.717, 1.165) is 5.56 Å². The molecule has 4 heteroatoms. The van der Waals surface area contributed by atoms with Crippen molar-refractivity contribution >= 4 is 5.97 Å². The molecule has 1 aromatic carbocycles. The molecule has 1 N–H and O–H groups in total. The van der Waals surface area contributed by atoms with Gasteiger partial charge in [-0.15, -0.1) is 0 Å². The van der Waals surface area contributed by atoms with Crippen molar-refractivity contribution in [1.29, 1.82) is 0 Å². The maximum absolute atomic E-state index is 10.6. The smallest absolute Gasteiger partial charge is 0.332 e. The van der Waals surface area contributed by atoms with Crippen LogP contribution in [0.25, 0.3) is 0 Å². The molecule has 1 aromatic rings. The van der Waals surface area contributed by atoms with E-state index in [-0.39, 0.29) is 6.10 Å². The van der Waals surface area contributed by atoms with E-state index in [9.17, 15) is 4.79 Å². The van der Waals surface area contributed by atoms with E-state index < -0.39 is 12.1 Å². The third-order valence-electron chi connectivity index (χ3n) is 2.56. The van der Waals surface area contributed by atoms with E-state index in [1.165, 1.54) is 0 Å². The molecule has 0 amide bonds. The Labute approximate surface area is 93.8 Å². The molecule has 0 bridgehead atoms. The number of hydrogen-bond donors (Lipinski definition) is 1. The highest BCUT2D eigenvalue weighted by molar-refractivity contribution is 5.72. The van der Waals surface area contributed by atoms with E-state index in [2.05, 4.69) is 0 Å². The van der Waals surface area contributed by atoms with Crippen molar-refractivity contribution in [3.63, 3.8) is 0 Å². The maximum atomic E-state index is 10.6. The SMILES string of the molecule is O=C(O)C1CC(OCc2ccccc2)CO1. The van der Waals surface area contributed by atoms with Gasteiger partial charge in [-0.2, -0.15) is 0 Å². The molecule has 1 aliphatic rings. The van der Waals surface area contributed by atoms with Gasteiger partial charge in [0, 0.05) is 6.42 Å². The van der Waals surface area contributed by atoms with Crippen LogP contribution in [-0.4, -0.2) is 29.9 Å². The Bertz CT molecular complexity index is 349. The summed E-state index contributed by atoms with van der Waals surface area (Å²) in [6.45, 7) is 0.866. The number of carbonyl (C=O) groups is 1. The molecule has 0 spiro atoms. The average Bonchev–Trinajstić information content (AvgIpc) is 2.76. The van der Waals surface area contributed by atoms with Gasteiger partial charge in [-0.25, -0.2) is 4.79 Å². The molecule has 1 heterocycles. The predicted octanol–water partition coefficient (Wildman–Crippen LogP) is 1.45. The van der Waals surface area contributed by atoms with Crippen LogP contribution in [0.4, 0.5) is 0 Å². The van der Waals surface area contributed by atoms with Gasteiger partial charge in [-0.3, -0.25) is 0 Å². The van der Waals surface area contributed by atoms with Crippen LogP contribution in [0.15, 0.2) is 30.3 Å². The van der Waals surface area contributed by atoms with Gasteiger partial charge < -0.3 is 14.6 Å². The zero-order chi connectivity index (χ0) is 11.4. The van der Waals surface area contributed by atoms with Crippen molar-refractivity contribution in [1.82, 2.24) is 0 Å². The minimum atomic E-state index is -0.911. The summed E-state index contributed by atoms with van der Waals surface area (Å²) >= 11 is 0. The molecule has 1 saturated heterocycles. The first-order valence-corrected chi connectivity index (χ1v) is 5.25. The number of carboxylic acids is 1. The van der Waals surface area contributed by atoms with Gasteiger partial charge >= 0.3 is 5.97 Å². The normalized spacial score (nSPS) is 24.5. The van der Waals surface area contributed by atoms with Crippen molar-refractivity contribution < 1.29 is 19.4 Å². The first kappa shape index (κ1) is 11.1. The number of hydrogen-bond acceptors (Lipinski definition) is 3. The topological polar surface area (TPSA) is 55.8 Å². The van der Waals surface area contributed by atoms with Crippen LogP contribution in [0.2, 0.25) is 0 Å². The van der Waals surface area contributed by atoms with Gasteiger partial charge in [0.15, 0.2) is 6.10 Å². The predicted molar refractivity (Wildman–Crippen MR) is 57.0 cm³/mol. The van der Waals surface area contributed by atoms with Gasteiger partial charge in [0.05, 0.1) is 19.3 Å². The van der Waals surface area contributed by atoms with Gasteiger partial charge in [0.2, 0.25) is 0 Å². The van der Waals surface area contributed by atoms with Crippen molar-refractivity contribution in [2.45, 2.75) is 25.2 Å². The molecule has 1 fully saturated rings. The molecule has 16 heavy (non-hydrogen) atoms. The van der Waals surface area contributed by atoms with Crippen LogP contribution in [0.3, 0.4) is 0 Å². The Hall–Kier alpha value is -1.39. The third kappa shape index (κ3) is 2.81. The van der Waals surface area contributed by atoms with E-state index in [0.29, 0.717) is 19.6 Å². The van der Waals surface area contributed by atoms with Gasteiger partial charge in [-0.05, 0) is 5.56 Å². The molecule has 2 atom stereocenters. The Morgan fingerprint density at radius 2 is 2.19 bits per heavy atom. The van der Waals surface area contributed by atoms with Gasteiger partial charge in [-0.1, -0.05) is 30.3 Å². The van der Waals surface area contributed by atoms with Crippen LogP contribution >= 0.6 is 0 Å². The van der Waals surface area contributed by atoms with E-state index in [1.54, 1.807) is 0 Å². The Morgan fingerprint density at radius 1 is 1.44 bits per heavy atom. The van der Waals surface area contributed by atoms with Crippen molar-refractivity contribution in [3.05, 3.63) is 35.9 Å². The Balaban J connectivity index is 1.78. The zero-order valence-corrected chi connectivity index (χ0v) is 8.83. The van der Waals surface area contributed by atoms with E-state index in [4.69, 9.17) is 14.6 Å². The Morgan fingerprint density at radius 3 is 2.81 bits per heavy atom. The summed E-state index contributed by atoms with van der Waals surface area (Å²) in [4.78, 5) is 10.6. The van der Waals surface area contributed by atoms with Crippen LogP contribution in [0, 0.1) is 0 Å². The Kier molecular flexibility index (Phi) is 3.54. The number of rotatable bonds is 4. The van der Waals surface area contributed by atoms with Gasteiger partial charge in [0.1, 0.15) is 0 Å². The zero-order valence-electron chi connectivity index (χ0n) is 8.83. The molecular formula is C12H14O4. The first-order valence-electron chi connectivity index (χ1n) is 5.25. The number of benzene rings is 1. The molecule has 4 nitrogen and oxygen atoms in total. The second kappa shape index (κ2) is 5.09. The van der Waals surface area contributed by atoms with Crippen LogP contribution in [-0.2, 0) is 20.9 Å². The molecule has 1 aliphatic heterocycles. The van der Waals surface area contributed by atoms with Crippen molar-refractivity contribution in [3.8, 4) is 0 Å². The van der Waals surface area contributed by atoms with Crippen LogP contribution in [0.5, 0.6) is 0 Å².